The highest BCUT2D eigenvalue weighted by atomic mass is 127. The third-order valence-corrected chi connectivity index (χ3v) is 5.54. The number of ether oxygens (including phenoxy) is 1. The van der Waals surface area contributed by atoms with Crippen LogP contribution in [0.3, 0.4) is 0 Å². The van der Waals surface area contributed by atoms with Crippen LogP contribution in [0.5, 0.6) is 0 Å². The van der Waals surface area contributed by atoms with Crippen LogP contribution >= 0.6 is 30.3 Å². The third kappa shape index (κ3) is 4.98. The van der Waals surface area contributed by atoms with Gasteiger partial charge in [-0.15, -0.1) is 0 Å². The van der Waals surface area contributed by atoms with Gasteiger partial charge >= 0.3 is 5.97 Å². The molecule has 1 N–H and O–H groups in total. The molecule has 0 spiro atoms. The van der Waals surface area contributed by atoms with Crippen LogP contribution in [0.25, 0.3) is 11.0 Å². The molecule has 25 heavy (non-hydrogen) atoms. The summed E-state index contributed by atoms with van der Waals surface area (Å²) < 4.78 is 7.13. The van der Waals surface area contributed by atoms with Gasteiger partial charge in [-0.25, -0.2) is 15.0 Å². The maximum atomic E-state index is 11.9. The summed E-state index contributed by atoms with van der Waals surface area (Å²) in [5.74, 6) is 0.575. The van der Waals surface area contributed by atoms with Crippen molar-refractivity contribution < 1.29 is 9.53 Å². The number of nitrogens with zero attached hydrogens (tertiary/aromatic N) is 4. The number of carbonyl (C=O) groups excluding carboxylic acids is 1. The molecule has 1 atom stereocenters. The number of hydrogen-bond acceptors (Lipinski definition) is 7. The zero-order chi connectivity index (χ0) is 18.2. The molecule has 138 valence electrons. The van der Waals surface area contributed by atoms with Gasteiger partial charge in [-0.1, -0.05) is 13.8 Å². The van der Waals surface area contributed by atoms with Gasteiger partial charge in [-0.05, 0) is 25.8 Å². The lowest BCUT2D eigenvalue weighted by Gasteiger charge is -2.31. The van der Waals surface area contributed by atoms with E-state index in [9.17, 15) is 4.79 Å². The predicted octanol–water partition coefficient (Wildman–Crippen LogP) is 3.91. The number of aromatic nitrogens is 3. The number of nitrogens with one attached hydrogen (secondary N) is 1. The van der Waals surface area contributed by atoms with Crippen molar-refractivity contribution >= 4 is 53.1 Å². The molecule has 2 aromatic rings. The van der Waals surface area contributed by atoms with E-state index in [2.05, 4.69) is 36.6 Å². The molecule has 3 rings (SSSR count). The molecule has 9 heteroatoms. The topological polar surface area (TPSA) is 72.3 Å². The van der Waals surface area contributed by atoms with Gasteiger partial charge in [-0.3, -0.25) is 8.77 Å². The average molecular weight is 477 g/mol. The zero-order valence-electron chi connectivity index (χ0n) is 14.7. The first kappa shape index (κ1) is 20.2. The molecule has 0 aromatic carbocycles. The molecule has 1 aliphatic rings. The summed E-state index contributed by atoms with van der Waals surface area (Å²) in [6.45, 7) is 7.77. The molecule has 7 nitrogen and oxygen atoms in total. The number of anilines is 1. The molecule has 1 saturated heterocycles. The molecule has 2 aromatic heterocycles. The number of hydrogen-bond donors (Lipinski definition) is 1. The maximum Gasteiger partial charge on any atom is 0.310 e. The second kappa shape index (κ2) is 10.2. The van der Waals surface area contributed by atoms with Crippen LogP contribution in [-0.2, 0) is 9.53 Å². The summed E-state index contributed by atoms with van der Waals surface area (Å²) in [4.78, 5) is 20.6. The number of piperidine rings is 1. The molecule has 3 heterocycles. The first-order valence-corrected chi connectivity index (χ1v) is 11.8. The Morgan fingerprint density at radius 3 is 3.00 bits per heavy atom. The Balaban J connectivity index is 0.00000109. The molecule has 0 saturated carbocycles. The van der Waals surface area contributed by atoms with Gasteiger partial charge in [0.05, 0.1) is 17.9 Å². The van der Waals surface area contributed by atoms with E-state index in [1.54, 1.807) is 15.4 Å². The van der Waals surface area contributed by atoms with Crippen molar-refractivity contribution in [2.75, 3.05) is 25.1 Å². The smallest absolute Gasteiger partial charge is 0.310 e. The van der Waals surface area contributed by atoms with Crippen LogP contribution in [0.1, 0.15) is 33.6 Å². The van der Waals surface area contributed by atoms with Gasteiger partial charge < -0.3 is 10.2 Å². The van der Waals surface area contributed by atoms with Gasteiger partial charge in [0.2, 0.25) is 0 Å². The fraction of sp³-hybridized carbons (Fsp3) is 0.562. The quantitative estimate of drug-likeness (QED) is 0.517. The summed E-state index contributed by atoms with van der Waals surface area (Å²) in [6, 6.07) is 2.00. The van der Waals surface area contributed by atoms with E-state index in [0.717, 1.165) is 36.2 Å². The van der Waals surface area contributed by atoms with Crippen LogP contribution in [-0.4, -0.2) is 44.6 Å². The van der Waals surface area contributed by atoms with Crippen molar-refractivity contribution in [3.8, 4) is 0 Å². The van der Waals surface area contributed by atoms with Crippen LogP contribution in [0, 0.1) is 5.92 Å². The van der Waals surface area contributed by atoms with E-state index >= 15 is 0 Å². The van der Waals surface area contributed by atoms with Crippen LogP contribution < -0.4 is 5.43 Å². The Morgan fingerprint density at radius 2 is 2.28 bits per heavy atom. The molecule has 0 amide bonds. The number of fused-ring (bicyclic) bond motifs is 1. The SMILES string of the molecule is CC.CCOC(=O)C1CCCN(Nc2ncnc3c2ccn3SI)C1. The monoisotopic (exact) mass is 477 g/mol. The van der Waals surface area contributed by atoms with Gasteiger partial charge in [0, 0.05) is 49.6 Å². The fourth-order valence-electron chi connectivity index (χ4n) is 2.75. The summed E-state index contributed by atoms with van der Waals surface area (Å²) in [7, 11) is 1.56. The predicted molar refractivity (Wildman–Crippen MR) is 110 cm³/mol. The highest BCUT2D eigenvalue weighted by Crippen LogP contribution is 2.27. The Bertz CT molecular complexity index is 696. The minimum absolute atomic E-state index is 0.0805. The lowest BCUT2D eigenvalue weighted by molar-refractivity contribution is -0.149. The van der Waals surface area contributed by atoms with Crippen LogP contribution in [0.15, 0.2) is 18.6 Å². The maximum absolute atomic E-state index is 11.9. The minimum atomic E-state index is -0.112. The van der Waals surface area contributed by atoms with Gasteiger partial charge in [0.25, 0.3) is 0 Å². The highest BCUT2D eigenvalue weighted by molar-refractivity contribution is 14.2. The standard InChI is InChI=1S/C14H18IN5O2S.C2H6/c1-2-22-14(21)10-4-3-6-19(8-10)18-12-11-5-7-20(23-15)13(11)17-9-16-12;1-2/h5,7,9-10H,2-4,6,8H2,1H3,(H,16,17,18);1-2H3. The molecular weight excluding hydrogens is 453 g/mol. The number of hydrazine groups is 1. The molecule has 0 aliphatic carbocycles. The lowest BCUT2D eigenvalue weighted by atomic mass is 9.99. The van der Waals surface area contributed by atoms with E-state index < -0.39 is 0 Å². The molecule has 1 aliphatic heterocycles. The third-order valence-electron chi connectivity index (χ3n) is 3.83. The number of halogens is 1. The van der Waals surface area contributed by atoms with Crippen LogP contribution in [0.4, 0.5) is 5.82 Å². The van der Waals surface area contributed by atoms with Crippen molar-refractivity contribution in [2.45, 2.75) is 33.6 Å². The van der Waals surface area contributed by atoms with Crippen molar-refractivity contribution in [1.29, 1.82) is 0 Å². The average Bonchev–Trinajstić information content (AvgIpc) is 3.08. The molecule has 1 fully saturated rings. The number of carbonyl (C=O) groups is 1. The van der Waals surface area contributed by atoms with E-state index in [4.69, 9.17) is 4.74 Å². The highest BCUT2D eigenvalue weighted by Gasteiger charge is 2.27. The van der Waals surface area contributed by atoms with Gasteiger partial charge in [-0.2, -0.15) is 0 Å². The first-order valence-electron chi connectivity index (χ1n) is 8.52. The van der Waals surface area contributed by atoms with Gasteiger partial charge in [0.15, 0.2) is 11.5 Å². The lowest BCUT2D eigenvalue weighted by Crippen LogP contribution is -2.42. The number of esters is 1. The Labute approximate surface area is 164 Å². The van der Waals surface area contributed by atoms with E-state index in [1.807, 2.05) is 42.0 Å². The summed E-state index contributed by atoms with van der Waals surface area (Å²) >= 11 is 2.22. The van der Waals surface area contributed by atoms with E-state index in [0.29, 0.717) is 13.2 Å². The summed E-state index contributed by atoms with van der Waals surface area (Å²) in [5.41, 5.74) is 4.21. The van der Waals surface area contributed by atoms with E-state index in [-0.39, 0.29) is 11.9 Å². The molecule has 1 unspecified atom stereocenters. The number of rotatable bonds is 5. The second-order valence-electron chi connectivity index (χ2n) is 5.32. The molecular formula is C16H24IN5O2S. The Hall–Kier alpha value is -1.07. The Morgan fingerprint density at radius 1 is 1.48 bits per heavy atom. The minimum Gasteiger partial charge on any atom is -0.466 e. The van der Waals surface area contributed by atoms with Crippen molar-refractivity contribution in [1.82, 2.24) is 18.9 Å². The van der Waals surface area contributed by atoms with Gasteiger partial charge in [0.1, 0.15) is 6.33 Å². The van der Waals surface area contributed by atoms with Crippen LogP contribution in [0.2, 0.25) is 0 Å². The first-order chi connectivity index (χ1) is 12.2. The zero-order valence-corrected chi connectivity index (χ0v) is 17.7. The Kier molecular flexibility index (Phi) is 8.24. The molecule has 0 bridgehead atoms. The normalized spacial score (nSPS) is 17.7. The summed E-state index contributed by atoms with van der Waals surface area (Å²) in [6.07, 6.45) is 5.35. The van der Waals surface area contributed by atoms with Crippen molar-refractivity contribution in [2.24, 2.45) is 5.92 Å². The van der Waals surface area contributed by atoms with E-state index in [1.165, 1.54) is 0 Å². The van der Waals surface area contributed by atoms with Crippen molar-refractivity contribution in [3.63, 3.8) is 0 Å². The summed E-state index contributed by atoms with van der Waals surface area (Å²) in [5, 5.41) is 3.01. The fourth-order valence-corrected chi connectivity index (χ4v) is 4.03. The largest absolute Gasteiger partial charge is 0.466 e. The second-order valence-corrected chi connectivity index (χ2v) is 7.03. The molecule has 0 radical (unpaired) electrons. The van der Waals surface area contributed by atoms with Crippen molar-refractivity contribution in [3.05, 3.63) is 18.6 Å².